The minimum absolute atomic E-state index is 0.0699. The van der Waals surface area contributed by atoms with Gasteiger partial charge < -0.3 is 9.64 Å². The van der Waals surface area contributed by atoms with Gasteiger partial charge in [-0.25, -0.2) is 0 Å². The van der Waals surface area contributed by atoms with E-state index < -0.39 is 6.10 Å². The molecule has 4 nitrogen and oxygen atoms in total. The summed E-state index contributed by atoms with van der Waals surface area (Å²) < 4.78 is 5.59. The minimum atomic E-state index is -0.502. The molecular formula is C16H21NO3. The standard InChI is InChI=1S/C16H21NO3/c1-4-5-6-7-14(18)12-8-9-13-15(10-12)20-11(2)16(19)17(13)3/h8-11H,4-7H2,1-3H3. The van der Waals surface area contributed by atoms with Crippen molar-refractivity contribution in [3.8, 4) is 5.75 Å². The lowest BCUT2D eigenvalue weighted by atomic mass is 10.0. The van der Waals surface area contributed by atoms with Gasteiger partial charge in [0.15, 0.2) is 11.9 Å². The van der Waals surface area contributed by atoms with Gasteiger partial charge in [-0.2, -0.15) is 0 Å². The summed E-state index contributed by atoms with van der Waals surface area (Å²) in [6, 6.07) is 5.31. The minimum Gasteiger partial charge on any atom is -0.479 e. The number of nitrogens with zero attached hydrogens (tertiary/aromatic N) is 1. The third kappa shape index (κ3) is 2.84. The third-order valence-electron chi connectivity index (χ3n) is 3.63. The Labute approximate surface area is 119 Å². The summed E-state index contributed by atoms with van der Waals surface area (Å²) in [6.45, 7) is 3.84. The zero-order valence-electron chi connectivity index (χ0n) is 12.3. The number of benzene rings is 1. The van der Waals surface area contributed by atoms with Gasteiger partial charge in [-0.15, -0.1) is 0 Å². The predicted octanol–water partition coefficient (Wildman–Crippen LogP) is 3.19. The number of fused-ring (bicyclic) bond motifs is 1. The van der Waals surface area contributed by atoms with Crippen LogP contribution < -0.4 is 9.64 Å². The number of hydrogen-bond acceptors (Lipinski definition) is 3. The number of carbonyl (C=O) groups is 2. The van der Waals surface area contributed by atoms with E-state index in [4.69, 9.17) is 4.74 Å². The van der Waals surface area contributed by atoms with E-state index >= 15 is 0 Å². The van der Waals surface area contributed by atoms with Crippen LogP contribution in [0.3, 0.4) is 0 Å². The highest BCUT2D eigenvalue weighted by Crippen LogP contribution is 2.34. The largest absolute Gasteiger partial charge is 0.479 e. The smallest absolute Gasteiger partial charge is 0.267 e. The molecule has 0 fully saturated rings. The van der Waals surface area contributed by atoms with Crippen LogP contribution >= 0.6 is 0 Å². The molecule has 1 amide bonds. The molecule has 0 bridgehead atoms. The first-order valence-corrected chi connectivity index (χ1v) is 7.16. The Hall–Kier alpha value is -1.84. The topological polar surface area (TPSA) is 46.6 Å². The zero-order chi connectivity index (χ0) is 14.7. The quantitative estimate of drug-likeness (QED) is 0.612. The van der Waals surface area contributed by atoms with Crippen molar-refractivity contribution in [3.05, 3.63) is 23.8 Å². The average molecular weight is 275 g/mol. The highest BCUT2D eigenvalue weighted by atomic mass is 16.5. The van der Waals surface area contributed by atoms with Gasteiger partial charge in [-0.3, -0.25) is 9.59 Å². The van der Waals surface area contributed by atoms with Gasteiger partial charge in [-0.1, -0.05) is 19.8 Å². The number of ketones is 1. The molecule has 1 aromatic carbocycles. The number of hydrogen-bond donors (Lipinski definition) is 0. The summed E-state index contributed by atoms with van der Waals surface area (Å²) >= 11 is 0. The predicted molar refractivity (Wildman–Crippen MR) is 78.4 cm³/mol. The Morgan fingerprint density at radius 2 is 2.10 bits per heavy atom. The summed E-state index contributed by atoms with van der Waals surface area (Å²) in [6.07, 6.45) is 3.16. The zero-order valence-corrected chi connectivity index (χ0v) is 12.3. The Balaban J connectivity index is 2.18. The van der Waals surface area contributed by atoms with Crippen molar-refractivity contribution in [1.82, 2.24) is 0 Å². The van der Waals surface area contributed by atoms with E-state index in [9.17, 15) is 9.59 Å². The molecule has 108 valence electrons. The fourth-order valence-electron chi connectivity index (χ4n) is 2.37. The number of carbonyl (C=O) groups excluding carboxylic acids is 2. The molecular weight excluding hydrogens is 254 g/mol. The Morgan fingerprint density at radius 1 is 1.35 bits per heavy atom. The van der Waals surface area contributed by atoms with Crippen molar-refractivity contribution in [2.45, 2.75) is 45.6 Å². The molecule has 0 aliphatic carbocycles. The Bertz CT molecular complexity index is 524. The molecule has 0 saturated heterocycles. The van der Waals surface area contributed by atoms with Crippen LogP contribution in [0.25, 0.3) is 0 Å². The normalized spacial score (nSPS) is 17.6. The van der Waals surface area contributed by atoms with Crippen molar-refractivity contribution >= 4 is 17.4 Å². The van der Waals surface area contributed by atoms with E-state index in [1.165, 1.54) is 0 Å². The Morgan fingerprint density at radius 3 is 2.80 bits per heavy atom. The van der Waals surface area contributed by atoms with E-state index in [1.54, 1.807) is 37.1 Å². The lowest BCUT2D eigenvalue weighted by Gasteiger charge is -2.30. The fraction of sp³-hybridized carbons (Fsp3) is 0.500. The molecule has 1 aromatic rings. The summed E-state index contributed by atoms with van der Waals surface area (Å²) in [5.74, 6) is 0.678. The Kier molecular flexibility index (Phi) is 4.42. The second kappa shape index (κ2) is 6.07. The number of rotatable bonds is 5. The summed E-state index contributed by atoms with van der Waals surface area (Å²) in [5.41, 5.74) is 1.38. The van der Waals surface area contributed by atoms with Crippen LogP contribution in [0.5, 0.6) is 5.75 Å². The molecule has 2 rings (SSSR count). The number of likely N-dealkylation sites (N-methyl/N-ethyl adjacent to an activating group) is 1. The molecule has 1 atom stereocenters. The van der Waals surface area contributed by atoms with Crippen LogP contribution in [0.15, 0.2) is 18.2 Å². The van der Waals surface area contributed by atoms with Gasteiger partial charge in [0, 0.05) is 19.0 Å². The SMILES string of the molecule is CCCCCC(=O)c1ccc2c(c1)OC(C)C(=O)N2C. The molecule has 0 spiro atoms. The highest BCUT2D eigenvalue weighted by molar-refractivity contribution is 6.01. The lowest BCUT2D eigenvalue weighted by molar-refractivity contribution is -0.125. The first-order valence-electron chi connectivity index (χ1n) is 7.16. The highest BCUT2D eigenvalue weighted by Gasteiger charge is 2.29. The van der Waals surface area contributed by atoms with Gasteiger partial charge in [0.2, 0.25) is 0 Å². The van der Waals surface area contributed by atoms with E-state index in [2.05, 4.69) is 6.92 Å². The molecule has 1 heterocycles. The first kappa shape index (κ1) is 14.6. The monoisotopic (exact) mass is 275 g/mol. The molecule has 0 aromatic heterocycles. The van der Waals surface area contributed by atoms with Gasteiger partial charge in [0.25, 0.3) is 5.91 Å². The van der Waals surface area contributed by atoms with Crippen molar-refractivity contribution < 1.29 is 14.3 Å². The molecule has 1 unspecified atom stereocenters. The maximum atomic E-state index is 12.1. The average Bonchev–Trinajstić information content (AvgIpc) is 2.44. The number of ether oxygens (including phenoxy) is 1. The maximum Gasteiger partial charge on any atom is 0.267 e. The van der Waals surface area contributed by atoms with E-state index in [-0.39, 0.29) is 11.7 Å². The van der Waals surface area contributed by atoms with Gasteiger partial charge in [0.05, 0.1) is 5.69 Å². The van der Waals surface area contributed by atoms with Crippen LogP contribution in [0.4, 0.5) is 5.69 Å². The van der Waals surface area contributed by atoms with Gasteiger partial charge in [0.1, 0.15) is 5.75 Å². The van der Waals surface area contributed by atoms with E-state index in [0.29, 0.717) is 17.7 Å². The van der Waals surface area contributed by atoms with E-state index in [0.717, 1.165) is 24.9 Å². The third-order valence-corrected chi connectivity index (χ3v) is 3.63. The second-order valence-corrected chi connectivity index (χ2v) is 5.22. The van der Waals surface area contributed by atoms with Crippen molar-refractivity contribution in [2.24, 2.45) is 0 Å². The van der Waals surface area contributed by atoms with Gasteiger partial charge >= 0.3 is 0 Å². The second-order valence-electron chi connectivity index (χ2n) is 5.22. The molecule has 0 N–H and O–H groups in total. The lowest BCUT2D eigenvalue weighted by Crippen LogP contribution is -2.42. The van der Waals surface area contributed by atoms with Crippen molar-refractivity contribution in [1.29, 1.82) is 0 Å². The van der Waals surface area contributed by atoms with Crippen molar-refractivity contribution in [2.75, 3.05) is 11.9 Å². The molecule has 4 heteroatoms. The molecule has 0 radical (unpaired) electrons. The van der Waals surface area contributed by atoms with Crippen LogP contribution in [0, 0.1) is 0 Å². The van der Waals surface area contributed by atoms with Gasteiger partial charge in [-0.05, 0) is 31.5 Å². The van der Waals surface area contributed by atoms with Crippen molar-refractivity contribution in [3.63, 3.8) is 0 Å². The van der Waals surface area contributed by atoms with Crippen LogP contribution in [0.2, 0.25) is 0 Å². The molecule has 1 aliphatic rings. The van der Waals surface area contributed by atoms with E-state index in [1.807, 2.05) is 0 Å². The summed E-state index contributed by atoms with van der Waals surface area (Å²) in [5, 5.41) is 0. The number of amides is 1. The number of unbranched alkanes of at least 4 members (excludes halogenated alkanes) is 2. The summed E-state index contributed by atoms with van der Waals surface area (Å²) in [4.78, 5) is 25.5. The van der Waals surface area contributed by atoms with Crippen LogP contribution in [-0.4, -0.2) is 24.8 Å². The fourth-order valence-corrected chi connectivity index (χ4v) is 2.37. The molecule has 1 aliphatic heterocycles. The number of Topliss-reactive ketones (excluding diaryl/α,β-unsaturated/α-hetero) is 1. The molecule has 20 heavy (non-hydrogen) atoms. The number of anilines is 1. The van der Waals surface area contributed by atoms with Crippen LogP contribution in [0.1, 0.15) is 49.9 Å². The maximum absolute atomic E-state index is 12.1. The van der Waals surface area contributed by atoms with Crippen LogP contribution in [-0.2, 0) is 4.79 Å². The molecule has 0 saturated carbocycles. The summed E-state index contributed by atoms with van der Waals surface area (Å²) in [7, 11) is 1.73. The first-order chi connectivity index (χ1) is 9.54.